The molecule has 0 bridgehead atoms. The third kappa shape index (κ3) is 3.45. The van der Waals surface area contributed by atoms with E-state index in [0.717, 1.165) is 44.5 Å². The summed E-state index contributed by atoms with van der Waals surface area (Å²) in [6, 6.07) is 17.2. The van der Waals surface area contributed by atoms with E-state index in [2.05, 4.69) is 46.6 Å². The summed E-state index contributed by atoms with van der Waals surface area (Å²) in [6.45, 7) is 3.06. The highest BCUT2D eigenvalue weighted by atomic mass is 16.1. The molecule has 2 aliphatic rings. The molecular weight excluding hydrogens is 284 g/mol. The molecule has 0 atom stereocenters. The molecule has 1 saturated carbocycles. The third-order valence-electron chi connectivity index (χ3n) is 4.74. The summed E-state index contributed by atoms with van der Waals surface area (Å²) in [4.78, 5) is 14.5. The van der Waals surface area contributed by atoms with Crippen molar-refractivity contribution in [3.8, 4) is 0 Å². The molecule has 118 valence electrons. The van der Waals surface area contributed by atoms with E-state index >= 15 is 0 Å². The van der Waals surface area contributed by atoms with Crippen LogP contribution in [-0.2, 0) is 19.5 Å². The molecule has 1 amide bonds. The largest absolute Gasteiger partial charge is 0.349 e. The van der Waals surface area contributed by atoms with Gasteiger partial charge in [0.05, 0.1) is 0 Å². The van der Waals surface area contributed by atoms with Gasteiger partial charge in [0.1, 0.15) is 0 Å². The lowest BCUT2D eigenvalue weighted by Crippen LogP contribution is -2.30. The summed E-state index contributed by atoms with van der Waals surface area (Å²) in [6.07, 6.45) is 3.37. The van der Waals surface area contributed by atoms with Crippen molar-refractivity contribution in [3.05, 3.63) is 70.8 Å². The lowest BCUT2D eigenvalue weighted by Gasteiger charge is -2.28. The van der Waals surface area contributed by atoms with Crippen LogP contribution in [0.5, 0.6) is 0 Å². The number of hydrogen-bond donors (Lipinski definition) is 1. The molecule has 1 heterocycles. The van der Waals surface area contributed by atoms with Gasteiger partial charge in [-0.05, 0) is 48.1 Å². The Morgan fingerprint density at radius 1 is 1.04 bits per heavy atom. The fourth-order valence-electron chi connectivity index (χ4n) is 3.21. The molecule has 0 aromatic heterocycles. The van der Waals surface area contributed by atoms with E-state index in [9.17, 15) is 4.79 Å². The molecule has 0 saturated heterocycles. The Balaban J connectivity index is 1.38. The molecule has 23 heavy (non-hydrogen) atoms. The van der Waals surface area contributed by atoms with E-state index < -0.39 is 0 Å². The Labute approximate surface area is 137 Å². The van der Waals surface area contributed by atoms with Gasteiger partial charge in [0, 0.05) is 31.2 Å². The van der Waals surface area contributed by atoms with Crippen LogP contribution in [0.15, 0.2) is 48.5 Å². The summed E-state index contributed by atoms with van der Waals surface area (Å²) >= 11 is 0. The summed E-state index contributed by atoms with van der Waals surface area (Å²) in [5, 5.41) is 3.03. The lowest BCUT2D eigenvalue weighted by molar-refractivity contribution is 0.0951. The molecule has 3 nitrogen and oxygen atoms in total. The zero-order valence-corrected chi connectivity index (χ0v) is 13.3. The van der Waals surface area contributed by atoms with Crippen LogP contribution in [0, 0.1) is 0 Å². The molecule has 0 unspecified atom stereocenters. The second kappa shape index (κ2) is 6.17. The first-order valence-corrected chi connectivity index (χ1v) is 8.47. The number of nitrogens with zero attached hydrogens (tertiary/aromatic N) is 1. The second-order valence-corrected chi connectivity index (χ2v) is 6.67. The monoisotopic (exact) mass is 306 g/mol. The van der Waals surface area contributed by atoms with Gasteiger partial charge in [-0.15, -0.1) is 0 Å². The summed E-state index contributed by atoms with van der Waals surface area (Å²) in [5.41, 5.74) is 4.96. The lowest BCUT2D eigenvalue weighted by atomic mass is 9.99. The minimum absolute atomic E-state index is 0.0611. The average molecular weight is 306 g/mol. The maximum absolute atomic E-state index is 12.0. The Bertz CT molecular complexity index is 704. The van der Waals surface area contributed by atoms with E-state index in [4.69, 9.17) is 0 Å². The smallest absolute Gasteiger partial charge is 0.251 e. The Morgan fingerprint density at radius 2 is 1.78 bits per heavy atom. The highest BCUT2D eigenvalue weighted by molar-refractivity contribution is 5.94. The van der Waals surface area contributed by atoms with Crippen LogP contribution in [0.25, 0.3) is 0 Å². The molecule has 1 N–H and O–H groups in total. The third-order valence-corrected chi connectivity index (χ3v) is 4.74. The zero-order chi connectivity index (χ0) is 15.6. The zero-order valence-electron chi connectivity index (χ0n) is 13.3. The predicted molar refractivity (Wildman–Crippen MR) is 91.2 cm³/mol. The molecule has 0 radical (unpaired) electrons. The standard InChI is InChI=1S/C20H22N2O/c23-20(21-19-9-10-19)17-7-5-15(6-8-17)13-22-12-11-16-3-1-2-4-18(16)14-22/h1-8,19H,9-14H2,(H,21,23). The molecule has 2 aromatic carbocycles. The minimum atomic E-state index is 0.0611. The molecule has 2 aromatic rings. The van der Waals surface area contributed by atoms with Gasteiger partial charge >= 0.3 is 0 Å². The van der Waals surface area contributed by atoms with E-state index in [1.807, 2.05) is 12.1 Å². The van der Waals surface area contributed by atoms with Crippen molar-refractivity contribution in [1.29, 1.82) is 0 Å². The van der Waals surface area contributed by atoms with E-state index in [1.54, 1.807) is 0 Å². The van der Waals surface area contributed by atoms with E-state index in [-0.39, 0.29) is 5.91 Å². The SMILES string of the molecule is O=C(NC1CC1)c1ccc(CN2CCc3ccccc3C2)cc1. The topological polar surface area (TPSA) is 32.3 Å². The summed E-state index contributed by atoms with van der Waals surface area (Å²) in [7, 11) is 0. The summed E-state index contributed by atoms with van der Waals surface area (Å²) in [5.74, 6) is 0.0611. The van der Waals surface area contributed by atoms with Gasteiger partial charge in [-0.2, -0.15) is 0 Å². The fraction of sp³-hybridized carbons (Fsp3) is 0.350. The van der Waals surface area contributed by atoms with Gasteiger partial charge in [-0.1, -0.05) is 36.4 Å². The normalized spacial score (nSPS) is 17.6. The van der Waals surface area contributed by atoms with Crippen LogP contribution >= 0.6 is 0 Å². The average Bonchev–Trinajstić information content (AvgIpc) is 3.39. The van der Waals surface area contributed by atoms with E-state index in [0.29, 0.717) is 6.04 Å². The van der Waals surface area contributed by atoms with Crippen molar-refractivity contribution in [2.45, 2.75) is 38.4 Å². The molecule has 3 heteroatoms. The van der Waals surface area contributed by atoms with Gasteiger partial charge < -0.3 is 5.32 Å². The van der Waals surface area contributed by atoms with Crippen molar-refractivity contribution in [1.82, 2.24) is 10.2 Å². The van der Waals surface area contributed by atoms with Crippen LogP contribution in [0.2, 0.25) is 0 Å². The van der Waals surface area contributed by atoms with Gasteiger partial charge in [0.25, 0.3) is 5.91 Å². The maximum atomic E-state index is 12.0. The Morgan fingerprint density at radius 3 is 2.52 bits per heavy atom. The van der Waals surface area contributed by atoms with Crippen molar-refractivity contribution < 1.29 is 4.79 Å². The number of nitrogens with one attached hydrogen (secondary N) is 1. The van der Waals surface area contributed by atoms with E-state index in [1.165, 1.54) is 16.7 Å². The number of rotatable bonds is 4. The number of hydrogen-bond acceptors (Lipinski definition) is 2. The van der Waals surface area contributed by atoms with Crippen molar-refractivity contribution >= 4 is 5.91 Å². The number of carbonyl (C=O) groups excluding carboxylic acids is 1. The predicted octanol–water partition coefficient (Wildman–Crippen LogP) is 3.14. The molecule has 0 spiro atoms. The van der Waals surface area contributed by atoms with Gasteiger partial charge in [-0.25, -0.2) is 0 Å². The molecule has 1 fully saturated rings. The molecule has 1 aliphatic carbocycles. The number of benzene rings is 2. The van der Waals surface area contributed by atoms with Crippen LogP contribution in [-0.4, -0.2) is 23.4 Å². The maximum Gasteiger partial charge on any atom is 0.251 e. The second-order valence-electron chi connectivity index (χ2n) is 6.67. The fourth-order valence-corrected chi connectivity index (χ4v) is 3.21. The van der Waals surface area contributed by atoms with Crippen LogP contribution < -0.4 is 5.32 Å². The first-order chi connectivity index (χ1) is 11.3. The summed E-state index contributed by atoms with van der Waals surface area (Å²) < 4.78 is 0. The molecular formula is C20H22N2O. The number of amides is 1. The van der Waals surface area contributed by atoms with Crippen LogP contribution in [0.1, 0.15) is 39.9 Å². The highest BCUT2D eigenvalue weighted by Gasteiger charge is 2.23. The minimum Gasteiger partial charge on any atom is -0.349 e. The first-order valence-electron chi connectivity index (χ1n) is 8.47. The van der Waals surface area contributed by atoms with Crippen molar-refractivity contribution in [2.75, 3.05) is 6.54 Å². The first kappa shape index (κ1) is 14.5. The van der Waals surface area contributed by atoms with Crippen LogP contribution in [0.3, 0.4) is 0 Å². The number of fused-ring (bicyclic) bond motifs is 1. The quantitative estimate of drug-likeness (QED) is 0.941. The molecule has 4 rings (SSSR count). The van der Waals surface area contributed by atoms with Crippen molar-refractivity contribution in [2.24, 2.45) is 0 Å². The number of carbonyl (C=O) groups is 1. The van der Waals surface area contributed by atoms with Crippen LogP contribution in [0.4, 0.5) is 0 Å². The van der Waals surface area contributed by atoms with Gasteiger partial charge in [0.2, 0.25) is 0 Å². The molecule has 1 aliphatic heterocycles. The Hall–Kier alpha value is -2.13. The Kier molecular flexibility index (Phi) is 3.88. The van der Waals surface area contributed by atoms with Crippen molar-refractivity contribution in [3.63, 3.8) is 0 Å². The van der Waals surface area contributed by atoms with Gasteiger partial charge in [0.15, 0.2) is 0 Å². The van der Waals surface area contributed by atoms with Gasteiger partial charge in [-0.3, -0.25) is 9.69 Å². The highest BCUT2D eigenvalue weighted by Crippen LogP contribution is 2.21.